The number of rotatable bonds is 7. The van der Waals surface area contributed by atoms with Crippen LogP contribution in [0.1, 0.15) is 50.6 Å². The molecule has 0 radical (unpaired) electrons. The van der Waals surface area contributed by atoms with Crippen molar-refractivity contribution >= 4 is 0 Å². The highest BCUT2D eigenvalue weighted by molar-refractivity contribution is 5.24. The number of ether oxygens (including phenoxy) is 1. The number of hydrogen-bond donors (Lipinski definition) is 1. The Morgan fingerprint density at radius 3 is 2.47 bits per heavy atom. The topological polar surface area (TPSA) is 39.1 Å². The van der Waals surface area contributed by atoms with E-state index in [0.29, 0.717) is 0 Å². The second kappa shape index (κ2) is 7.06. The Hall–Kier alpha value is -0.870. The van der Waals surface area contributed by atoms with Gasteiger partial charge in [-0.05, 0) is 47.5 Å². The standard InChI is InChI=1S/C15H29N3O/c1-12-14(11-16-15(3,4)5)13(2)18(17-12)9-7-8-10-19-6/h16H,7-11H2,1-6H3. The quantitative estimate of drug-likeness (QED) is 0.772. The summed E-state index contributed by atoms with van der Waals surface area (Å²) in [6.45, 7) is 13.5. The fraction of sp³-hybridized carbons (Fsp3) is 0.800. The summed E-state index contributed by atoms with van der Waals surface area (Å²) in [6, 6.07) is 0. The highest BCUT2D eigenvalue weighted by atomic mass is 16.5. The average Bonchev–Trinajstić information content (AvgIpc) is 2.57. The first-order valence-electron chi connectivity index (χ1n) is 7.12. The largest absolute Gasteiger partial charge is 0.385 e. The van der Waals surface area contributed by atoms with Gasteiger partial charge in [0.05, 0.1) is 5.69 Å². The van der Waals surface area contributed by atoms with Gasteiger partial charge >= 0.3 is 0 Å². The van der Waals surface area contributed by atoms with Crippen molar-refractivity contribution in [3.8, 4) is 0 Å². The summed E-state index contributed by atoms with van der Waals surface area (Å²) in [6.07, 6.45) is 2.20. The molecule has 0 aliphatic heterocycles. The Balaban J connectivity index is 2.61. The maximum absolute atomic E-state index is 5.08. The molecule has 0 atom stereocenters. The summed E-state index contributed by atoms with van der Waals surface area (Å²) in [4.78, 5) is 0. The van der Waals surface area contributed by atoms with E-state index in [1.165, 1.54) is 11.3 Å². The van der Waals surface area contributed by atoms with Crippen LogP contribution < -0.4 is 5.32 Å². The molecule has 1 rings (SSSR count). The molecule has 0 bridgehead atoms. The third-order valence-corrected chi connectivity index (χ3v) is 3.30. The molecule has 0 unspecified atom stereocenters. The molecule has 0 saturated heterocycles. The average molecular weight is 267 g/mol. The highest BCUT2D eigenvalue weighted by Crippen LogP contribution is 2.15. The van der Waals surface area contributed by atoms with Gasteiger partial charge in [0, 0.05) is 43.6 Å². The number of nitrogens with one attached hydrogen (secondary N) is 1. The lowest BCUT2D eigenvalue weighted by Crippen LogP contribution is -2.35. The molecule has 1 aromatic rings. The fourth-order valence-electron chi connectivity index (χ4n) is 2.07. The molecule has 0 aromatic carbocycles. The van der Waals surface area contributed by atoms with E-state index in [1.807, 2.05) is 0 Å². The summed E-state index contributed by atoms with van der Waals surface area (Å²) < 4.78 is 7.20. The van der Waals surface area contributed by atoms with Crippen molar-refractivity contribution in [3.63, 3.8) is 0 Å². The minimum absolute atomic E-state index is 0.138. The van der Waals surface area contributed by atoms with Crippen LogP contribution in [0.15, 0.2) is 0 Å². The first-order chi connectivity index (χ1) is 8.85. The Kier molecular flexibility index (Phi) is 6.01. The summed E-state index contributed by atoms with van der Waals surface area (Å²) in [7, 11) is 1.75. The van der Waals surface area contributed by atoms with Gasteiger partial charge in [0.15, 0.2) is 0 Å². The van der Waals surface area contributed by atoms with Crippen molar-refractivity contribution in [3.05, 3.63) is 17.0 Å². The van der Waals surface area contributed by atoms with Crippen molar-refractivity contribution in [1.82, 2.24) is 15.1 Å². The van der Waals surface area contributed by atoms with E-state index < -0.39 is 0 Å². The smallest absolute Gasteiger partial charge is 0.0641 e. The maximum Gasteiger partial charge on any atom is 0.0641 e. The first-order valence-corrected chi connectivity index (χ1v) is 7.12. The number of methoxy groups -OCH3 is 1. The Bertz CT molecular complexity index is 391. The molecule has 0 aliphatic rings. The predicted molar refractivity (Wildman–Crippen MR) is 79.4 cm³/mol. The molecule has 0 spiro atoms. The molecule has 0 amide bonds. The molecular formula is C15H29N3O. The predicted octanol–water partition coefficient (Wildman–Crippen LogP) is 2.81. The maximum atomic E-state index is 5.08. The van der Waals surface area contributed by atoms with Crippen LogP contribution in [-0.2, 0) is 17.8 Å². The third-order valence-electron chi connectivity index (χ3n) is 3.30. The lowest BCUT2D eigenvalue weighted by Gasteiger charge is -2.20. The zero-order valence-corrected chi connectivity index (χ0v) is 13.3. The zero-order valence-electron chi connectivity index (χ0n) is 13.3. The van der Waals surface area contributed by atoms with Crippen LogP contribution in [0.2, 0.25) is 0 Å². The molecule has 1 aromatic heterocycles. The molecule has 0 aliphatic carbocycles. The van der Waals surface area contributed by atoms with Crippen LogP contribution >= 0.6 is 0 Å². The SMILES string of the molecule is COCCCCn1nc(C)c(CNC(C)(C)C)c1C. The van der Waals surface area contributed by atoms with E-state index in [2.05, 4.69) is 49.7 Å². The van der Waals surface area contributed by atoms with E-state index in [1.54, 1.807) is 7.11 Å². The molecule has 4 heteroatoms. The molecule has 19 heavy (non-hydrogen) atoms. The van der Waals surface area contributed by atoms with Gasteiger partial charge in [-0.1, -0.05) is 0 Å². The molecule has 0 saturated carbocycles. The Morgan fingerprint density at radius 2 is 1.89 bits per heavy atom. The van der Waals surface area contributed by atoms with Crippen LogP contribution in [0.3, 0.4) is 0 Å². The Labute approximate surface area is 117 Å². The molecule has 110 valence electrons. The van der Waals surface area contributed by atoms with Crippen molar-refractivity contribution in [2.24, 2.45) is 0 Å². The van der Waals surface area contributed by atoms with Crippen LogP contribution in [0, 0.1) is 13.8 Å². The summed E-state index contributed by atoms with van der Waals surface area (Å²) in [5, 5.41) is 8.18. The number of aromatic nitrogens is 2. The second-order valence-electron chi connectivity index (χ2n) is 6.18. The van der Waals surface area contributed by atoms with E-state index in [0.717, 1.165) is 38.2 Å². The van der Waals surface area contributed by atoms with Gasteiger partial charge in [-0.3, -0.25) is 4.68 Å². The van der Waals surface area contributed by atoms with Crippen LogP contribution in [0.4, 0.5) is 0 Å². The van der Waals surface area contributed by atoms with Crippen LogP contribution in [0.25, 0.3) is 0 Å². The fourth-order valence-corrected chi connectivity index (χ4v) is 2.07. The molecule has 0 fully saturated rings. The highest BCUT2D eigenvalue weighted by Gasteiger charge is 2.14. The Morgan fingerprint density at radius 1 is 1.21 bits per heavy atom. The zero-order chi connectivity index (χ0) is 14.5. The number of nitrogens with zero attached hydrogens (tertiary/aromatic N) is 2. The first kappa shape index (κ1) is 16.2. The molecule has 1 N–H and O–H groups in total. The van der Waals surface area contributed by atoms with Crippen molar-refractivity contribution in [2.45, 2.75) is 66.1 Å². The molecule has 4 nitrogen and oxygen atoms in total. The van der Waals surface area contributed by atoms with Crippen molar-refractivity contribution in [1.29, 1.82) is 0 Å². The number of aryl methyl sites for hydroxylation is 2. The monoisotopic (exact) mass is 267 g/mol. The second-order valence-corrected chi connectivity index (χ2v) is 6.18. The van der Waals surface area contributed by atoms with Gasteiger partial charge in [0.25, 0.3) is 0 Å². The molecule has 1 heterocycles. The lowest BCUT2D eigenvalue weighted by molar-refractivity contribution is 0.191. The van der Waals surface area contributed by atoms with Crippen molar-refractivity contribution in [2.75, 3.05) is 13.7 Å². The number of hydrogen-bond acceptors (Lipinski definition) is 3. The van der Waals surface area contributed by atoms with Crippen LogP contribution in [0.5, 0.6) is 0 Å². The van der Waals surface area contributed by atoms with E-state index in [4.69, 9.17) is 4.74 Å². The van der Waals surface area contributed by atoms with Gasteiger partial charge < -0.3 is 10.1 Å². The lowest BCUT2D eigenvalue weighted by atomic mass is 10.1. The number of unbranched alkanes of at least 4 members (excludes halogenated alkanes) is 1. The van der Waals surface area contributed by atoms with Gasteiger partial charge in [-0.15, -0.1) is 0 Å². The summed E-state index contributed by atoms with van der Waals surface area (Å²) in [5.41, 5.74) is 3.90. The van der Waals surface area contributed by atoms with E-state index in [-0.39, 0.29) is 5.54 Å². The van der Waals surface area contributed by atoms with Gasteiger partial charge in [0.1, 0.15) is 0 Å². The van der Waals surface area contributed by atoms with E-state index in [9.17, 15) is 0 Å². The minimum atomic E-state index is 0.138. The normalized spacial score (nSPS) is 12.1. The summed E-state index contributed by atoms with van der Waals surface area (Å²) in [5.74, 6) is 0. The third kappa shape index (κ3) is 5.33. The van der Waals surface area contributed by atoms with E-state index >= 15 is 0 Å². The minimum Gasteiger partial charge on any atom is -0.385 e. The van der Waals surface area contributed by atoms with Gasteiger partial charge in [0.2, 0.25) is 0 Å². The van der Waals surface area contributed by atoms with Crippen LogP contribution in [-0.4, -0.2) is 29.0 Å². The van der Waals surface area contributed by atoms with Crippen molar-refractivity contribution < 1.29 is 4.74 Å². The van der Waals surface area contributed by atoms with Gasteiger partial charge in [-0.2, -0.15) is 5.10 Å². The summed E-state index contributed by atoms with van der Waals surface area (Å²) >= 11 is 0. The van der Waals surface area contributed by atoms with Gasteiger partial charge in [-0.25, -0.2) is 0 Å². The molecular weight excluding hydrogens is 238 g/mol.